The van der Waals surface area contributed by atoms with Gasteiger partial charge in [-0.1, -0.05) is 30.0 Å². The van der Waals surface area contributed by atoms with Crippen molar-refractivity contribution in [3.05, 3.63) is 77.0 Å². The number of carbonyl (C=O) groups excluding carboxylic acids is 2. The van der Waals surface area contributed by atoms with Gasteiger partial charge in [-0.15, -0.1) is 0 Å². The molecule has 234 valence electrons. The number of benzene rings is 2. The number of carbonyl (C=O) groups is 2. The highest BCUT2D eigenvalue weighted by Gasteiger charge is 2.31. The van der Waals surface area contributed by atoms with E-state index in [-0.39, 0.29) is 17.8 Å². The summed E-state index contributed by atoms with van der Waals surface area (Å²) in [6.45, 7) is 7.52. The molecule has 12 heteroatoms. The fourth-order valence-corrected chi connectivity index (χ4v) is 6.37. The summed E-state index contributed by atoms with van der Waals surface area (Å²) in [5.41, 5.74) is 2.34. The van der Waals surface area contributed by atoms with E-state index >= 15 is 0 Å². The van der Waals surface area contributed by atoms with Crippen molar-refractivity contribution < 1.29 is 27.5 Å². The van der Waals surface area contributed by atoms with Crippen LogP contribution in [0.25, 0.3) is 0 Å². The molecule has 2 aliphatic heterocycles. The summed E-state index contributed by atoms with van der Waals surface area (Å²) in [6.07, 6.45) is -3.16. The van der Waals surface area contributed by atoms with Gasteiger partial charge in [0.1, 0.15) is 5.82 Å². The van der Waals surface area contributed by atoms with Crippen molar-refractivity contribution in [2.75, 3.05) is 55.7 Å². The number of thioether (sulfide) groups is 1. The summed E-state index contributed by atoms with van der Waals surface area (Å²) < 4.78 is 44.7. The zero-order valence-electron chi connectivity index (χ0n) is 24.8. The number of piperazine rings is 1. The van der Waals surface area contributed by atoms with E-state index in [9.17, 15) is 22.8 Å². The highest BCUT2D eigenvalue weighted by atomic mass is 32.2. The van der Waals surface area contributed by atoms with Crippen molar-refractivity contribution in [1.82, 2.24) is 14.9 Å². The van der Waals surface area contributed by atoms with Crippen LogP contribution in [0.4, 0.5) is 24.7 Å². The first-order valence-corrected chi connectivity index (χ1v) is 15.8. The predicted molar refractivity (Wildman–Crippen MR) is 164 cm³/mol. The van der Waals surface area contributed by atoms with E-state index in [1.54, 1.807) is 17.9 Å². The Labute approximate surface area is 259 Å². The first-order valence-electron chi connectivity index (χ1n) is 14.8. The lowest BCUT2D eigenvalue weighted by atomic mass is 9.96. The van der Waals surface area contributed by atoms with Crippen molar-refractivity contribution in [2.24, 2.45) is 5.92 Å². The molecule has 0 atom stereocenters. The molecule has 0 aliphatic carbocycles. The lowest BCUT2D eigenvalue weighted by Gasteiger charge is -2.37. The van der Waals surface area contributed by atoms with Crippen molar-refractivity contribution in [2.45, 2.75) is 43.8 Å². The number of aryl methyl sites for hydroxylation is 1. The Hall–Kier alpha value is -3.80. The summed E-state index contributed by atoms with van der Waals surface area (Å²) in [5.74, 6) is 0.993. The molecular weight excluding hydrogens is 591 g/mol. The fraction of sp³-hybridized carbons (Fsp3) is 0.438. The minimum Gasteiger partial charge on any atom is -0.466 e. The van der Waals surface area contributed by atoms with Gasteiger partial charge in [0.2, 0.25) is 0 Å². The molecular formula is C32H36F3N5O3S. The molecule has 1 amide bonds. The maximum atomic E-state index is 13.2. The van der Waals surface area contributed by atoms with E-state index < -0.39 is 11.7 Å². The van der Waals surface area contributed by atoms with E-state index in [1.807, 2.05) is 42.2 Å². The molecule has 44 heavy (non-hydrogen) atoms. The van der Waals surface area contributed by atoms with E-state index in [4.69, 9.17) is 9.72 Å². The van der Waals surface area contributed by atoms with Gasteiger partial charge in [-0.3, -0.25) is 9.59 Å². The molecule has 2 saturated heterocycles. The third-order valence-corrected chi connectivity index (χ3v) is 8.82. The maximum absolute atomic E-state index is 13.2. The molecule has 0 saturated carbocycles. The van der Waals surface area contributed by atoms with Crippen LogP contribution in [-0.2, 0) is 21.5 Å². The summed E-state index contributed by atoms with van der Waals surface area (Å²) in [4.78, 5) is 40.5. The maximum Gasteiger partial charge on any atom is 0.416 e. The van der Waals surface area contributed by atoms with Crippen LogP contribution in [0.2, 0.25) is 0 Å². The Morgan fingerprint density at radius 2 is 1.64 bits per heavy atom. The van der Waals surface area contributed by atoms with Gasteiger partial charge in [0.25, 0.3) is 5.91 Å². The van der Waals surface area contributed by atoms with Gasteiger partial charge in [-0.05, 0) is 62.6 Å². The van der Waals surface area contributed by atoms with Crippen molar-refractivity contribution in [3.8, 4) is 0 Å². The number of aromatic nitrogens is 2. The predicted octanol–water partition coefficient (Wildman–Crippen LogP) is 5.84. The number of halogens is 3. The first-order chi connectivity index (χ1) is 21.1. The van der Waals surface area contributed by atoms with Crippen LogP contribution in [0.5, 0.6) is 0 Å². The number of esters is 1. The molecule has 2 aliphatic rings. The number of hydrogen-bond donors (Lipinski definition) is 0. The van der Waals surface area contributed by atoms with E-state index in [0.717, 1.165) is 23.1 Å². The number of anilines is 2. The Morgan fingerprint density at radius 3 is 2.34 bits per heavy atom. The van der Waals surface area contributed by atoms with Crippen LogP contribution < -0.4 is 9.80 Å². The Balaban J connectivity index is 1.17. The molecule has 1 aromatic heterocycles. The third kappa shape index (κ3) is 7.82. The number of likely N-dealkylation sites (tertiary alicyclic amines) is 1. The SMILES string of the molecule is CCOC(=O)C1CCN(C(=O)c2cccc(CSc3nc(C)cc(N4CCN(c5cccc(C(F)(F)F)c5)CC4)n3)c2)CC1. The topological polar surface area (TPSA) is 78.9 Å². The average molecular weight is 628 g/mol. The highest BCUT2D eigenvalue weighted by Crippen LogP contribution is 2.32. The Bertz CT molecular complexity index is 1470. The molecule has 8 nitrogen and oxygen atoms in total. The van der Waals surface area contributed by atoms with Crippen LogP contribution >= 0.6 is 11.8 Å². The quantitative estimate of drug-likeness (QED) is 0.175. The lowest BCUT2D eigenvalue weighted by Crippen LogP contribution is -2.47. The summed E-state index contributed by atoms with van der Waals surface area (Å²) >= 11 is 1.49. The minimum atomic E-state index is -4.37. The highest BCUT2D eigenvalue weighted by molar-refractivity contribution is 7.98. The van der Waals surface area contributed by atoms with Gasteiger partial charge in [-0.25, -0.2) is 9.97 Å². The lowest BCUT2D eigenvalue weighted by molar-refractivity contribution is -0.149. The van der Waals surface area contributed by atoms with Gasteiger partial charge in [0.05, 0.1) is 18.1 Å². The normalized spacial score (nSPS) is 16.2. The van der Waals surface area contributed by atoms with E-state index in [2.05, 4.69) is 9.88 Å². The molecule has 0 radical (unpaired) electrons. The molecule has 0 spiro atoms. The van der Waals surface area contributed by atoms with Crippen LogP contribution in [-0.4, -0.2) is 72.6 Å². The minimum absolute atomic E-state index is 0.0440. The molecule has 3 aromatic rings. The molecule has 5 rings (SSSR count). The number of rotatable bonds is 8. The van der Waals surface area contributed by atoms with Crippen LogP contribution in [0.1, 0.15) is 46.9 Å². The molecule has 0 N–H and O–H groups in total. The average Bonchev–Trinajstić information content (AvgIpc) is 3.03. The first kappa shape index (κ1) is 31.6. The Kier molecular flexibility index (Phi) is 9.97. The van der Waals surface area contributed by atoms with Gasteiger partial charge in [0.15, 0.2) is 5.16 Å². The van der Waals surface area contributed by atoms with Gasteiger partial charge in [0, 0.05) is 68.0 Å². The zero-order valence-corrected chi connectivity index (χ0v) is 25.7. The third-order valence-electron chi connectivity index (χ3n) is 7.91. The number of piperidine rings is 1. The van der Waals surface area contributed by atoms with Gasteiger partial charge < -0.3 is 19.4 Å². The molecule has 0 bridgehead atoms. The van der Waals surface area contributed by atoms with Crippen LogP contribution in [0.3, 0.4) is 0 Å². The zero-order chi connectivity index (χ0) is 31.3. The summed E-state index contributed by atoms with van der Waals surface area (Å²) in [6, 6.07) is 14.9. The fourth-order valence-electron chi connectivity index (χ4n) is 5.53. The number of alkyl halides is 3. The molecule has 0 unspecified atom stereocenters. The Morgan fingerprint density at radius 1 is 0.932 bits per heavy atom. The smallest absolute Gasteiger partial charge is 0.416 e. The molecule has 3 heterocycles. The second kappa shape index (κ2) is 13.9. The number of amides is 1. The summed E-state index contributed by atoms with van der Waals surface area (Å²) in [5, 5.41) is 0.623. The monoisotopic (exact) mass is 627 g/mol. The van der Waals surface area contributed by atoms with Gasteiger partial charge in [-0.2, -0.15) is 13.2 Å². The van der Waals surface area contributed by atoms with Crippen molar-refractivity contribution in [1.29, 1.82) is 0 Å². The van der Waals surface area contributed by atoms with E-state index in [1.165, 1.54) is 23.9 Å². The molecule has 2 aromatic carbocycles. The second-order valence-electron chi connectivity index (χ2n) is 11.0. The van der Waals surface area contributed by atoms with Crippen LogP contribution in [0.15, 0.2) is 59.8 Å². The number of nitrogens with zero attached hydrogens (tertiary/aromatic N) is 5. The second-order valence-corrected chi connectivity index (χ2v) is 11.9. The largest absolute Gasteiger partial charge is 0.466 e. The van der Waals surface area contributed by atoms with E-state index in [0.29, 0.717) is 80.9 Å². The molecule has 2 fully saturated rings. The standard InChI is InChI=1S/C32H36F3N5O3S/c1-3-43-30(42)24-10-12-40(13-11-24)29(41)25-7-4-6-23(19-25)21-44-31-36-22(2)18-28(37-31)39-16-14-38(15-17-39)27-9-5-8-26(20-27)32(33,34)35/h4-9,18-20,24H,3,10-17,21H2,1-2H3. The van der Waals surface area contributed by atoms with Crippen molar-refractivity contribution >= 4 is 35.1 Å². The van der Waals surface area contributed by atoms with Crippen LogP contribution in [0, 0.1) is 12.8 Å². The summed E-state index contributed by atoms with van der Waals surface area (Å²) in [7, 11) is 0. The van der Waals surface area contributed by atoms with Gasteiger partial charge >= 0.3 is 12.1 Å². The van der Waals surface area contributed by atoms with Crippen molar-refractivity contribution in [3.63, 3.8) is 0 Å². The number of ether oxygens (including phenoxy) is 1. The number of hydrogen-bond acceptors (Lipinski definition) is 8.